The number of ether oxygens (including phenoxy) is 1. The molecule has 1 atom stereocenters. The van der Waals surface area contributed by atoms with E-state index in [1.54, 1.807) is 12.1 Å². The van der Waals surface area contributed by atoms with E-state index >= 15 is 0 Å². The van der Waals surface area contributed by atoms with Gasteiger partial charge in [-0.3, -0.25) is 4.79 Å². The number of nitrogens with one attached hydrogen (secondary N) is 2. The molecule has 0 aliphatic carbocycles. The number of halogens is 1. The first-order chi connectivity index (χ1) is 14.4. The van der Waals surface area contributed by atoms with Crippen molar-refractivity contribution >= 4 is 37.6 Å². The minimum atomic E-state index is -4.07. The van der Waals surface area contributed by atoms with Crippen LogP contribution >= 0.6 is 11.6 Å². The van der Waals surface area contributed by atoms with Crippen molar-refractivity contribution in [3.63, 3.8) is 0 Å². The second-order valence-electron chi connectivity index (χ2n) is 6.79. The third kappa shape index (κ3) is 6.17. The number of benzene rings is 2. The summed E-state index contributed by atoms with van der Waals surface area (Å²) in [6.07, 6.45) is 0. The van der Waals surface area contributed by atoms with Crippen molar-refractivity contribution < 1.29 is 26.4 Å². The fraction of sp³-hybridized carbons (Fsp3) is 0.316. The van der Waals surface area contributed by atoms with Crippen LogP contribution in [-0.4, -0.2) is 54.3 Å². The predicted molar refractivity (Wildman–Crippen MR) is 117 cm³/mol. The first-order valence-corrected chi connectivity index (χ1v) is 12.3. The molecule has 0 heterocycles. The zero-order valence-corrected chi connectivity index (χ0v) is 19.8. The van der Waals surface area contributed by atoms with Crippen molar-refractivity contribution in [1.82, 2.24) is 14.3 Å². The van der Waals surface area contributed by atoms with Gasteiger partial charge in [-0.2, -0.15) is 4.72 Å². The van der Waals surface area contributed by atoms with Crippen molar-refractivity contribution in [2.45, 2.75) is 29.3 Å². The fourth-order valence-corrected chi connectivity index (χ4v) is 5.08. The molecule has 0 unspecified atom stereocenters. The van der Waals surface area contributed by atoms with E-state index in [9.17, 15) is 21.6 Å². The molecule has 31 heavy (non-hydrogen) atoms. The Labute approximate surface area is 187 Å². The smallest absolute Gasteiger partial charge is 0.245 e. The summed E-state index contributed by atoms with van der Waals surface area (Å²) in [6.45, 7) is 1.49. The van der Waals surface area contributed by atoms with E-state index in [0.717, 1.165) is 4.31 Å². The highest BCUT2D eigenvalue weighted by Crippen LogP contribution is 2.27. The molecule has 2 aromatic carbocycles. The van der Waals surface area contributed by atoms with E-state index in [1.165, 1.54) is 58.5 Å². The molecule has 2 aromatic rings. The summed E-state index contributed by atoms with van der Waals surface area (Å²) >= 11 is 5.89. The van der Waals surface area contributed by atoms with E-state index < -0.39 is 32.0 Å². The van der Waals surface area contributed by atoms with Crippen LogP contribution in [0.1, 0.15) is 12.5 Å². The molecular weight excluding hydrogens is 466 g/mol. The maximum absolute atomic E-state index is 12.6. The number of amides is 1. The minimum absolute atomic E-state index is 0.0910. The predicted octanol–water partition coefficient (Wildman–Crippen LogP) is 1.58. The van der Waals surface area contributed by atoms with Crippen LogP contribution in [0.4, 0.5) is 0 Å². The molecule has 0 aromatic heterocycles. The Morgan fingerprint density at radius 2 is 1.71 bits per heavy atom. The van der Waals surface area contributed by atoms with Gasteiger partial charge in [-0.25, -0.2) is 21.1 Å². The summed E-state index contributed by atoms with van der Waals surface area (Å²) in [7, 11) is -3.42. The highest BCUT2D eigenvalue weighted by molar-refractivity contribution is 7.89. The first-order valence-electron chi connectivity index (χ1n) is 9.03. The van der Waals surface area contributed by atoms with Crippen LogP contribution in [0.5, 0.6) is 5.75 Å². The lowest BCUT2D eigenvalue weighted by atomic mass is 10.2. The monoisotopic (exact) mass is 489 g/mol. The molecule has 0 radical (unpaired) electrons. The van der Waals surface area contributed by atoms with Gasteiger partial charge in [-0.15, -0.1) is 0 Å². The Kier molecular flexibility index (Phi) is 8.06. The summed E-state index contributed by atoms with van der Waals surface area (Å²) in [5.74, 6) is -0.466. The fourth-order valence-electron chi connectivity index (χ4n) is 2.54. The second-order valence-corrected chi connectivity index (χ2v) is 11.1. The molecule has 0 fully saturated rings. The molecule has 0 spiro atoms. The third-order valence-corrected chi connectivity index (χ3v) is 7.94. The van der Waals surface area contributed by atoms with Crippen LogP contribution in [0, 0.1) is 0 Å². The summed E-state index contributed by atoms with van der Waals surface area (Å²) in [4.78, 5) is 12.3. The van der Waals surface area contributed by atoms with Gasteiger partial charge in [0, 0.05) is 25.7 Å². The van der Waals surface area contributed by atoms with Crippen molar-refractivity contribution in [1.29, 1.82) is 0 Å². The molecule has 0 aliphatic rings. The highest BCUT2D eigenvalue weighted by Gasteiger charge is 2.25. The van der Waals surface area contributed by atoms with Gasteiger partial charge >= 0.3 is 0 Å². The normalized spacial score (nSPS) is 13.1. The Morgan fingerprint density at radius 1 is 1.10 bits per heavy atom. The highest BCUT2D eigenvalue weighted by atomic mass is 35.5. The van der Waals surface area contributed by atoms with Crippen LogP contribution in [0.25, 0.3) is 0 Å². The number of carbonyl (C=O) groups is 1. The van der Waals surface area contributed by atoms with Gasteiger partial charge < -0.3 is 10.1 Å². The van der Waals surface area contributed by atoms with E-state index in [0.29, 0.717) is 5.56 Å². The van der Waals surface area contributed by atoms with Gasteiger partial charge in [-0.05, 0) is 42.8 Å². The summed E-state index contributed by atoms with van der Waals surface area (Å²) in [6, 6.07) is 9.08. The van der Waals surface area contributed by atoms with Gasteiger partial charge in [0.05, 0.1) is 18.0 Å². The molecule has 2 N–H and O–H groups in total. The van der Waals surface area contributed by atoms with Crippen LogP contribution in [0.2, 0.25) is 5.02 Å². The summed E-state index contributed by atoms with van der Waals surface area (Å²) in [5, 5.41) is 2.82. The van der Waals surface area contributed by atoms with E-state index in [4.69, 9.17) is 16.3 Å². The van der Waals surface area contributed by atoms with Crippen LogP contribution in [0.15, 0.2) is 52.3 Å². The van der Waals surface area contributed by atoms with Gasteiger partial charge in [-0.1, -0.05) is 23.7 Å². The van der Waals surface area contributed by atoms with Crippen LogP contribution in [0.3, 0.4) is 0 Å². The molecule has 0 aliphatic heterocycles. The molecule has 1 amide bonds. The topological polar surface area (TPSA) is 122 Å². The van der Waals surface area contributed by atoms with Crippen molar-refractivity contribution in [2.24, 2.45) is 0 Å². The average Bonchev–Trinajstić information content (AvgIpc) is 2.71. The van der Waals surface area contributed by atoms with Gasteiger partial charge in [0.15, 0.2) is 0 Å². The number of carbonyl (C=O) groups excluding carboxylic acids is 1. The largest absolute Gasteiger partial charge is 0.495 e. The molecule has 0 saturated heterocycles. The Hall–Kier alpha value is -2.18. The van der Waals surface area contributed by atoms with Gasteiger partial charge in [0.25, 0.3) is 0 Å². The molecule has 0 saturated carbocycles. The molecule has 170 valence electrons. The SMILES string of the molecule is COc1ccc(Cl)cc1S(=O)(=O)N[C@H](C)C(=O)NCc1ccc(S(=O)(=O)N(C)C)cc1. The lowest BCUT2D eigenvalue weighted by molar-refractivity contribution is -0.122. The number of hydrogen-bond acceptors (Lipinski definition) is 6. The average molecular weight is 490 g/mol. The standard InChI is InChI=1S/C19H24ClN3O6S2/c1-13(22-30(25,26)18-11-15(20)7-10-17(18)29-4)19(24)21-12-14-5-8-16(9-6-14)31(27,28)23(2)3/h5-11,13,22H,12H2,1-4H3,(H,21,24)/t13-/m1/s1. The van der Waals surface area contributed by atoms with E-state index in [-0.39, 0.29) is 27.1 Å². The first kappa shape index (κ1) is 25.1. The molecule has 12 heteroatoms. The lowest BCUT2D eigenvalue weighted by Crippen LogP contribution is -2.44. The molecule has 0 bridgehead atoms. The number of sulfonamides is 2. The Morgan fingerprint density at radius 3 is 2.26 bits per heavy atom. The number of rotatable bonds is 9. The maximum Gasteiger partial charge on any atom is 0.245 e. The summed E-state index contributed by atoms with van der Waals surface area (Å²) in [5.41, 5.74) is 0.651. The Balaban J connectivity index is 2.04. The summed E-state index contributed by atoms with van der Waals surface area (Å²) < 4.78 is 57.9. The van der Waals surface area contributed by atoms with Gasteiger partial charge in [0.2, 0.25) is 26.0 Å². The van der Waals surface area contributed by atoms with Crippen molar-refractivity contribution in [3.8, 4) is 5.75 Å². The van der Waals surface area contributed by atoms with E-state index in [1.807, 2.05) is 0 Å². The zero-order valence-electron chi connectivity index (χ0n) is 17.4. The second kappa shape index (κ2) is 9.96. The molecular formula is C19H24ClN3O6S2. The quantitative estimate of drug-likeness (QED) is 0.551. The Bertz CT molecular complexity index is 1150. The van der Waals surface area contributed by atoms with Crippen LogP contribution < -0.4 is 14.8 Å². The van der Waals surface area contributed by atoms with Crippen molar-refractivity contribution in [2.75, 3.05) is 21.2 Å². The maximum atomic E-state index is 12.6. The number of hydrogen-bond donors (Lipinski definition) is 2. The minimum Gasteiger partial charge on any atom is -0.495 e. The van der Waals surface area contributed by atoms with Gasteiger partial charge in [0.1, 0.15) is 10.6 Å². The lowest BCUT2D eigenvalue weighted by Gasteiger charge is -2.16. The molecule has 9 nitrogen and oxygen atoms in total. The van der Waals surface area contributed by atoms with E-state index in [2.05, 4.69) is 10.0 Å². The molecule has 2 rings (SSSR count). The number of nitrogens with zero attached hydrogens (tertiary/aromatic N) is 1. The van der Waals surface area contributed by atoms with Crippen LogP contribution in [-0.2, 0) is 31.4 Å². The number of methoxy groups -OCH3 is 1. The third-order valence-electron chi connectivity index (χ3n) is 4.31. The zero-order chi connectivity index (χ0) is 23.4. The van der Waals surface area contributed by atoms with Crippen molar-refractivity contribution in [3.05, 3.63) is 53.1 Å².